The number of halogens is 3. The highest BCUT2D eigenvalue weighted by Crippen LogP contribution is 2.34. The number of nitrogens with zero attached hydrogens (tertiary/aromatic N) is 2. The van der Waals surface area contributed by atoms with Gasteiger partial charge in [-0.1, -0.05) is 30.3 Å². The first-order valence-corrected chi connectivity index (χ1v) is 8.75. The second-order valence-corrected chi connectivity index (χ2v) is 6.64. The second-order valence-electron chi connectivity index (χ2n) is 6.64. The molecule has 1 aliphatic heterocycles. The fourth-order valence-electron chi connectivity index (χ4n) is 3.27. The average molecular weight is 400 g/mol. The van der Waals surface area contributed by atoms with Crippen LogP contribution in [-0.2, 0) is 9.59 Å². The van der Waals surface area contributed by atoms with Crippen molar-refractivity contribution in [3.8, 4) is 11.3 Å². The van der Waals surface area contributed by atoms with Crippen LogP contribution < -0.4 is 10.6 Å². The van der Waals surface area contributed by atoms with Gasteiger partial charge in [0.2, 0.25) is 11.8 Å². The maximum atomic E-state index is 13.4. The molecule has 4 rings (SSSR count). The summed E-state index contributed by atoms with van der Waals surface area (Å²) in [5, 5.41) is 9.51. The lowest BCUT2D eigenvalue weighted by atomic mass is 10.1. The summed E-state index contributed by atoms with van der Waals surface area (Å²) in [4.78, 5) is 24.9. The number of fused-ring (bicyclic) bond motifs is 1. The third kappa shape index (κ3) is 3.35. The maximum absolute atomic E-state index is 13.4. The number of carbonyl (C=O) groups excluding carboxylic acids is 2. The van der Waals surface area contributed by atoms with Crippen LogP contribution in [0.25, 0.3) is 11.3 Å². The van der Waals surface area contributed by atoms with E-state index in [4.69, 9.17) is 0 Å². The molecule has 0 saturated carbocycles. The van der Waals surface area contributed by atoms with Crippen molar-refractivity contribution in [3.05, 3.63) is 65.5 Å². The van der Waals surface area contributed by atoms with Gasteiger partial charge in [-0.2, -0.15) is 5.10 Å². The number of hydrogen-bond donors (Lipinski definition) is 2. The zero-order valence-electron chi connectivity index (χ0n) is 15.2. The minimum absolute atomic E-state index is 0.208. The van der Waals surface area contributed by atoms with E-state index in [0.29, 0.717) is 29.2 Å². The largest absolute Gasteiger partial charge is 0.324 e. The summed E-state index contributed by atoms with van der Waals surface area (Å²) < 4.78 is 41.4. The van der Waals surface area contributed by atoms with E-state index in [9.17, 15) is 22.8 Å². The number of rotatable bonds is 3. The summed E-state index contributed by atoms with van der Waals surface area (Å²) in [5.74, 6) is -5.20. The van der Waals surface area contributed by atoms with Crippen molar-refractivity contribution < 1.29 is 22.8 Å². The number of nitrogens with one attached hydrogen (secondary N) is 2. The Hall–Kier alpha value is -3.62. The van der Waals surface area contributed by atoms with Crippen molar-refractivity contribution in [2.45, 2.75) is 19.4 Å². The predicted octanol–water partition coefficient (Wildman–Crippen LogP) is 3.80. The lowest BCUT2D eigenvalue weighted by Gasteiger charge is -2.24. The van der Waals surface area contributed by atoms with E-state index < -0.39 is 35.3 Å². The lowest BCUT2D eigenvalue weighted by molar-refractivity contribution is -0.125. The van der Waals surface area contributed by atoms with Crippen molar-refractivity contribution in [1.29, 1.82) is 0 Å². The SMILES string of the molecule is Cc1c(-c2ccccc2)nn2c1NC(=O)C[C@H]2C(=O)Nc1cc(F)c(F)c(F)c1. The first-order chi connectivity index (χ1) is 13.8. The predicted molar refractivity (Wildman–Crippen MR) is 99.6 cm³/mol. The summed E-state index contributed by atoms with van der Waals surface area (Å²) in [6.45, 7) is 1.77. The number of aromatic nitrogens is 2. The molecule has 1 aliphatic rings. The Morgan fingerprint density at radius 2 is 1.83 bits per heavy atom. The van der Waals surface area contributed by atoms with Gasteiger partial charge in [0.1, 0.15) is 11.9 Å². The highest BCUT2D eigenvalue weighted by atomic mass is 19.2. The van der Waals surface area contributed by atoms with Crippen LogP contribution in [-0.4, -0.2) is 21.6 Å². The minimum Gasteiger partial charge on any atom is -0.324 e. The smallest absolute Gasteiger partial charge is 0.249 e. The third-order valence-electron chi connectivity index (χ3n) is 4.68. The Balaban J connectivity index is 1.69. The Morgan fingerprint density at radius 3 is 2.48 bits per heavy atom. The van der Waals surface area contributed by atoms with Crippen LogP contribution >= 0.6 is 0 Å². The number of benzene rings is 2. The molecule has 1 aromatic heterocycles. The van der Waals surface area contributed by atoms with Crippen LogP contribution in [0.2, 0.25) is 0 Å². The summed E-state index contributed by atoms with van der Waals surface area (Å²) in [6, 6.07) is 9.54. The molecule has 2 amide bonds. The zero-order valence-corrected chi connectivity index (χ0v) is 15.2. The lowest BCUT2D eigenvalue weighted by Crippen LogP contribution is -2.36. The van der Waals surface area contributed by atoms with Crippen LogP contribution in [0, 0.1) is 24.4 Å². The van der Waals surface area contributed by atoms with Gasteiger partial charge in [0.05, 0.1) is 12.1 Å². The van der Waals surface area contributed by atoms with E-state index in [-0.39, 0.29) is 12.1 Å². The quantitative estimate of drug-likeness (QED) is 0.657. The summed E-state index contributed by atoms with van der Waals surface area (Å²) in [6.07, 6.45) is -0.208. The molecule has 2 aromatic carbocycles. The third-order valence-corrected chi connectivity index (χ3v) is 4.68. The Morgan fingerprint density at radius 1 is 1.17 bits per heavy atom. The van der Waals surface area contributed by atoms with Crippen molar-refractivity contribution in [3.63, 3.8) is 0 Å². The highest BCUT2D eigenvalue weighted by molar-refractivity contribution is 6.02. The minimum atomic E-state index is -1.63. The molecule has 29 heavy (non-hydrogen) atoms. The Kier molecular flexibility index (Phi) is 4.57. The Labute approximate surface area is 163 Å². The number of anilines is 2. The molecule has 2 heterocycles. The normalized spacial score (nSPS) is 15.6. The van der Waals surface area contributed by atoms with Gasteiger partial charge in [0.25, 0.3) is 0 Å². The van der Waals surface area contributed by atoms with Crippen molar-refractivity contribution in [2.24, 2.45) is 0 Å². The van der Waals surface area contributed by atoms with Crippen LogP contribution in [0.5, 0.6) is 0 Å². The number of amides is 2. The summed E-state index contributed by atoms with van der Waals surface area (Å²) >= 11 is 0. The van der Waals surface area contributed by atoms with Crippen molar-refractivity contribution in [1.82, 2.24) is 9.78 Å². The molecular weight excluding hydrogens is 385 g/mol. The van der Waals surface area contributed by atoms with Gasteiger partial charge in [0.15, 0.2) is 17.5 Å². The first kappa shape index (κ1) is 18.7. The summed E-state index contributed by atoms with van der Waals surface area (Å²) in [5.41, 5.74) is 1.83. The molecule has 148 valence electrons. The van der Waals surface area contributed by atoms with Gasteiger partial charge in [0, 0.05) is 28.9 Å². The second kappa shape index (κ2) is 7.08. The molecular formula is C20H15F3N4O2. The Bertz CT molecular complexity index is 1110. The van der Waals surface area contributed by atoms with Crippen LogP contribution in [0.3, 0.4) is 0 Å². The summed E-state index contributed by atoms with van der Waals surface area (Å²) in [7, 11) is 0. The number of carbonyl (C=O) groups is 2. The zero-order chi connectivity index (χ0) is 20.7. The van der Waals surface area contributed by atoms with E-state index in [1.54, 1.807) is 6.92 Å². The molecule has 0 unspecified atom stereocenters. The monoisotopic (exact) mass is 400 g/mol. The molecule has 0 radical (unpaired) electrons. The molecule has 3 aromatic rings. The van der Waals surface area contributed by atoms with Gasteiger partial charge in [-0.05, 0) is 6.92 Å². The van der Waals surface area contributed by atoms with Gasteiger partial charge in [-0.25, -0.2) is 17.9 Å². The number of hydrogen-bond acceptors (Lipinski definition) is 3. The van der Waals surface area contributed by atoms with Crippen molar-refractivity contribution >= 4 is 23.3 Å². The topological polar surface area (TPSA) is 76.0 Å². The molecule has 6 nitrogen and oxygen atoms in total. The molecule has 2 N–H and O–H groups in total. The van der Waals surface area contributed by atoms with Crippen molar-refractivity contribution in [2.75, 3.05) is 10.6 Å². The van der Waals surface area contributed by atoms with Gasteiger partial charge in [-0.3, -0.25) is 9.59 Å². The average Bonchev–Trinajstić information content (AvgIpc) is 3.02. The molecule has 0 aliphatic carbocycles. The fraction of sp³-hybridized carbons (Fsp3) is 0.150. The van der Waals surface area contributed by atoms with Crippen LogP contribution in [0.1, 0.15) is 18.0 Å². The molecule has 0 bridgehead atoms. The van der Waals surface area contributed by atoms with E-state index in [1.807, 2.05) is 30.3 Å². The molecule has 9 heteroatoms. The molecule has 0 saturated heterocycles. The van der Waals surface area contributed by atoms with E-state index >= 15 is 0 Å². The van der Waals surface area contributed by atoms with E-state index in [0.717, 1.165) is 5.56 Å². The molecule has 0 fully saturated rings. The molecule has 0 spiro atoms. The molecule has 1 atom stereocenters. The fourth-order valence-corrected chi connectivity index (χ4v) is 3.27. The highest BCUT2D eigenvalue weighted by Gasteiger charge is 2.34. The standard InChI is InChI=1S/C20H15F3N4O2/c1-10-18(11-5-3-2-4-6-11)26-27-15(9-16(28)25-19(10)27)20(29)24-12-7-13(21)17(23)14(22)8-12/h2-8,15H,9H2,1H3,(H,24,29)(H,25,28)/t15-/m0/s1. The first-order valence-electron chi connectivity index (χ1n) is 8.75. The van der Waals surface area contributed by atoms with Crippen LogP contribution in [0.4, 0.5) is 24.7 Å². The van der Waals surface area contributed by atoms with E-state index in [2.05, 4.69) is 15.7 Å². The maximum Gasteiger partial charge on any atom is 0.249 e. The van der Waals surface area contributed by atoms with Gasteiger partial charge < -0.3 is 10.6 Å². The van der Waals surface area contributed by atoms with E-state index in [1.165, 1.54) is 4.68 Å². The van der Waals surface area contributed by atoms with Gasteiger partial charge in [-0.15, -0.1) is 0 Å². The van der Waals surface area contributed by atoms with Gasteiger partial charge >= 0.3 is 0 Å². The van der Waals surface area contributed by atoms with Crippen LogP contribution in [0.15, 0.2) is 42.5 Å².